The van der Waals surface area contributed by atoms with Crippen molar-refractivity contribution in [3.05, 3.63) is 0 Å². The summed E-state index contributed by atoms with van der Waals surface area (Å²) >= 11 is 0. The lowest BCUT2D eigenvalue weighted by atomic mass is 10.0. The van der Waals surface area contributed by atoms with Crippen molar-refractivity contribution in [1.29, 1.82) is 0 Å². The van der Waals surface area contributed by atoms with Gasteiger partial charge in [0.1, 0.15) is 0 Å². The van der Waals surface area contributed by atoms with E-state index in [-0.39, 0.29) is 0 Å². The van der Waals surface area contributed by atoms with Crippen LogP contribution in [0, 0.1) is 11.8 Å². The number of rotatable bonds is 6. The van der Waals surface area contributed by atoms with Crippen molar-refractivity contribution in [2.75, 3.05) is 26.3 Å². The van der Waals surface area contributed by atoms with Crippen LogP contribution in [0.15, 0.2) is 0 Å². The lowest BCUT2D eigenvalue weighted by Crippen LogP contribution is -2.45. The molecule has 0 spiro atoms. The van der Waals surface area contributed by atoms with Crippen molar-refractivity contribution in [1.82, 2.24) is 10.6 Å². The normalized spacial score (nSPS) is 30.0. The number of nitrogens with one attached hydrogen (secondary N) is 2. The average Bonchev–Trinajstić information content (AvgIpc) is 3.11. The third-order valence-electron chi connectivity index (χ3n) is 3.85. The molecule has 3 unspecified atom stereocenters. The standard InChI is InChI=1S/C13H26N2O/c1-10(12-3-4-12)8-15-11(2)7-13-9-16-6-5-14-13/h10-15H,3-9H2,1-2H3. The molecule has 0 radical (unpaired) electrons. The third kappa shape index (κ3) is 4.04. The van der Waals surface area contributed by atoms with E-state index >= 15 is 0 Å². The molecule has 0 aromatic carbocycles. The van der Waals surface area contributed by atoms with Gasteiger partial charge in [-0.05, 0) is 44.6 Å². The van der Waals surface area contributed by atoms with Crippen molar-refractivity contribution in [2.45, 2.75) is 45.2 Å². The first kappa shape index (κ1) is 12.3. The molecule has 1 saturated heterocycles. The highest BCUT2D eigenvalue weighted by atomic mass is 16.5. The quantitative estimate of drug-likeness (QED) is 0.718. The summed E-state index contributed by atoms with van der Waals surface area (Å²) in [6, 6.07) is 1.15. The summed E-state index contributed by atoms with van der Waals surface area (Å²) in [5, 5.41) is 7.16. The van der Waals surface area contributed by atoms with Crippen molar-refractivity contribution in [2.24, 2.45) is 11.8 Å². The van der Waals surface area contributed by atoms with Gasteiger partial charge in [0, 0.05) is 18.6 Å². The highest BCUT2D eigenvalue weighted by molar-refractivity contribution is 4.81. The molecule has 2 rings (SSSR count). The fourth-order valence-electron chi connectivity index (χ4n) is 2.50. The Morgan fingerprint density at radius 3 is 2.81 bits per heavy atom. The lowest BCUT2D eigenvalue weighted by molar-refractivity contribution is 0.0711. The Labute approximate surface area is 99.3 Å². The molecule has 0 aromatic heterocycles. The van der Waals surface area contributed by atoms with Gasteiger partial charge in [0.15, 0.2) is 0 Å². The Morgan fingerprint density at radius 2 is 2.19 bits per heavy atom. The third-order valence-corrected chi connectivity index (χ3v) is 3.85. The minimum absolute atomic E-state index is 0.549. The van der Waals surface area contributed by atoms with Gasteiger partial charge in [-0.25, -0.2) is 0 Å². The van der Waals surface area contributed by atoms with Crippen LogP contribution in [0.5, 0.6) is 0 Å². The van der Waals surface area contributed by atoms with Crippen LogP contribution in [0.3, 0.4) is 0 Å². The molecule has 0 amide bonds. The topological polar surface area (TPSA) is 33.3 Å². The van der Waals surface area contributed by atoms with Crippen molar-refractivity contribution in [3.8, 4) is 0 Å². The van der Waals surface area contributed by atoms with Gasteiger partial charge in [0.05, 0.1) is 13.2 Å². The second-order valence-corrected chi connectivity index (χ2v) is 5.59. The van der Waals surface area contributed by atoms with Crippen molar-refractivity contribution in [3.63, 3.8) is 0 Å². The molecular formula is C13H26N2O. The van der Waals surface area contributed by atoms with Crippen LogP contribution in [0.4, 0.5) is 0 Å². The Kier molecular flexibility index (Phi) is 4.62. The Bertz CT molecular complexity index is 200. The molecule has 3 nitrogen and oxygen atoms in total. The zero-order valence-electron chi connectivity index (χ0n) is 10.7. The van der Waals surface area contributed by atoms with Crippen LogP contribution in [-0.4, -0.2) is 38.4 Å². The Hall–Kier alpha value is -0.120. The summed E-state index contributed by atoms with van der Waals surface area (Å²) in [5.41, 5.74) is 0. The minimum atomic E-state index is 0.549. The van der Waals surface area contributed by atoms with E-state index in [2.05, 4.69) is 24.5 Å². The van der Waals surface area contributed by atoms with E-state index < -0.39 is 0 Å². The number of hydrogen-bond acceptors (Lipinski definition) is 3. The molecule has 1 aliphatic carbocycles. The van der Waals surface area contributed by atoms with E-state index in [9.17, 15) is 0 Å². The summed E-state index contributed by atoms with van der Waals surface area (Å²) in [7, 11) is 0. The van der Waals surface area contributed by atoms with E-state index in [0.717, 1.165) is 31.6 Å². The first-order valence-corrected chi connectivity index (χ1v) is 6.80. The summed E-state index contributed by atoms with van der Waals surface area (Å²) in [6.45, 7) is 8.60. The van der Waals surface area contributed by atoms with Crippen LogP contribution >= 0.6 is 0 Å². The summed E-state index contributed by atoms with van der Waals surface area (Å²) in [5.74, 6) is 1.87. The van der Waals surface area contributed by atoms with Gasteiger partial charge >= 0.3 is 0 Å². The van der Waals surface area contributed by atoms with Crippen LogP contribution in [0.1, 0.15) is 33.1 Å². The van der Waals surface area contributed by atoms with E-state index in [1.54, 1.807) is 0 Å². The zero-order valence-corrected chi connectivity index (χ0v) is 10.7. The van der Waals surface area contributed by atoms with Gasteiger partial charge in [0.25, 0.3) is 0 Å². The smallest absolute Gasteiger partial charge is 0.0620 e. The molecule has 1 aliphatic heterocycles. The minimum Gasteiger partial charge on any atom is -0.379 e. The summed E-state index contributed by atoms with van der Waals surface area (Å²) in [4.78, 5) is 0. The van der Waals surface area contributed by atoms with Crippen LogP contribution < -0.4 is 10.6 Å². The molecule has 0 aromatic rings. The SMILES string of the molecule is CC(CC1COCCN1)NCC(C)C1CC1. The molecule has 3 heteroatoms. The molecular weight excluding hydrogens is 200 g/mol. The van der Waals surface area contributed by atoms with E-state index in [0.29, 0.717) is 12.1 Å². The van der Waals surface area contributed by atoms with Crippen LogP contribution in [0.2, 0.25) is 0 Å². The Morgan fingerprint density at radius 1 is 1.38 bits per heavy atom. The van der Waals surface area contributed by atoms with Crippen molar-refractivity contribution < 1.29 is 4.74 Å². The zero-order chi connectivity index (χ0) is 11.4. The molecule has 16 heavy (non-hydrogen) atoms. The molecule has 2 aliphatic rings. The molecule has 0 bridgehead atoms. The fourth-order valence-corrected chi connectivity index (χ4v) is 2.50. The average molecular weight is 226 g/mol. The van der Waals surface area contributed by atoms with E-state index in [1.165, 1.54) is 25.8 Å². The molecule has 1 saturated carbocycles. The second-order valence-electron chi connectivity index (χ2n) is 5.59. The van der Waals surface area contributed by atoms with Crippen LogP contribution in [0.25, 0.3) is 0 Å². The molecule has 94 valence electrons. The Balaban J connectivity index is 1.57. The van der Waals surface area contributed by atoms with Gasteiger partial charge in [-0.3, -0.25) is 0 Å². The van der Waals surface area contributed by atoms with Gasteiger partial charge in [-0.2, -0.15) is 0 Å². The van der Waals surface area contributed by atoms with Gasteiger partial charge < -0.3 is 15.4 Å². The predicted molar refractivity (Wildman–Crippen MR) is 66.6 cm³/mol. The maximum atomic E-state index is 5.47. The number of hydrogen-bond donors (Lipinski definition) is 2. The largest absolute Gasteiger partial charge is 0.379 e. The molecule has 3 atom stereocenters. The van der Waals surface area contributed by atoms with Crippen molar-refractivity contribution >= 4 is 0 Å². The van der Waals surface area contributed by atoms with E-state index in [1.807, 2.05) is 0 Å². The highest BCUT2D eigenvalue weighted by Crippen LogP contribution is 2.36. The molecule has 2 fully saturated rings. The molecule has 2 N–H and O–H groups in total. The lowest BCUT2D eigenvalue weighted by Gasteiger charge is -2.27. The number of morpholine rings is 1. The predicted octanol–water partition coefficient (Wildman–Crippen LogP) is 1.39. The first-order chi connectivity index (χ1) is 7.75. The number of ether oxygens (including phenoxy) is 1. The summed E-state index contributed by atoms with van der Waals surface area (Å²) < 4.78 is 5.47. The van der Waals surface area contributed by atoms with Gasteiger partial charge in [-0.1, -0.05) is 6.92 Å². The molecule has 1 heterocycles. The second kappa shape index (κ2) is 5.99. The fraction of sp³-hybridized carbons (Fsp3) is 1.00. The monoisotopic (exact) mass is 226 g/mol. The first-order valence-electron chi connectivity index (χ1n) is 6.80. The van der Waals surface area contributed by atoms with Crippen LogP contribution in [-0.2, 0) is 4.74 Å². The maximum absolute atomic E-state index is 5.47. The van der Waals surface area contributed by atoms with Gasteiger partial charge in [0.2, 0.25) is 0 Å². The van der Waals surface area contributed by atoms with E-state index in [4.69, 9.17) is 4.74 Å². The summed E-state index contributed by atoms with van der Waals surface area (Å²) in [6.07, 6.45) is 4.09. The maximum Gasteiger partial charge on any atom is 0.0620 e. The highest BCUT2D eigenvalue weighted by Gasteiger charge is 2.27. The van der Waals surface area contributed by atoms with Gasteiger partial charge in [-0.15, -0.1) is 0 Å².